The quantitative estimate of drug-likeness (QED) is 0.458. The minimum atomic E-state index is 1.00. The van der Waals surface area contributed by atoms with Crippen LogP contribution in [0.2, 0.25) is 0 Å². The second-order valence-electron chi connectivity index (χ2n) is 0.224. The number of halogens is 2. The zero-order chi connectivity index (χ0) is 6.71. The molecule has 7 heavy (non-hydrogen) atoms. The molecule has 0 aliphatic heterocycles. The average Bonchev–Trinajstić information content (AvgIpc) is 1.78. The van der Waals surface area contributed by atoms with Gasteiger partial charge in [-0.15, -0.1) is 0 Å². The molecule has 3 nitrogen and oxygen atoms in total. The van der Waals surface area contributed by atoms with Crippen molar-refractivity contribution >= 4 is 37.2 Å². The first kappa shape index (κ1) is 15.8. The molecule has 0 rings (SSSR count). The van der Waals surface area contributed by atoms with Crippen molar-refractivity contribution in [3.63, 3.8) is 0 Å². The fourth-order valence-corrected chi connectivity index (χ4v) is 0. The number of hydroxylamine groups is 1. The standard InChI is InChI=1S/CH5NO.CH4O.I2/c1-2-3;2*1-2/h2-3H,1H3;2H,1H3;. The molecule has 0 aromatic heterocycles. The maximum atomic E-state index is 7.32. The minimum absolute atomic E-state index is 1.00. The Morgan fingerprint density at radius 2 is 1.29 bits per heavy atom. The average molecular weight is 333 g/mol. The minimum Gasteiger partial charge on any atom is -0.400 e. The van der Waals surface area contributed by atoms with Gasteiger partial charge in [0.05, 0.1) is 0 Å². The summed E-state index contributed by atoms with van der Waals surface area (Å²) < 4.78 is 0. The molecule has 48 valence electrons. The van der Waals surface area contributed by atoms with Crippen LogP contribution in [0.15, 0.2) is 0 Å². The highest BCUT2D eigenvalue weighted by Gasteiger charge is 1.24. The fourth-order valence-electron chi connectivity index (χ4n) is 0. The molecule has 0 bridgehead atoms. The van der Waals surface area contributed by atoms with Crippen LogP contribution in [0.3, 0.4) is 0 Å². The van der Waals surface area contributed by atoms with Gasteiger partial charge in [0.15, 0.2) is 0 Å². The predicted molar refractivity (Wildman–Crippen MR) is 47.0 cm³/mol. The van der Waals surface area contributed by atoms with Gasteiger partial charge >= 0.3 is 0 Å². The smallest absolute Gasteiger partial charge is 0.0319 e. The Kier molecular flexibility index (Phi) is 121. The molecule has 5 heteroatoms. The van der Waals surface area contributed by atoms with Gasteiger partial charge in [0.2, 0.25) is 0 Å². The van der Waals surface area contributed by atoms with Crippen molar-refractivity contribution in [3.8, 4) is 0 Å². The van der Waals surface area contributed by atoms with Gasteiger partial charge in [0.25, 0.3) is 0 Å². The summed E-state index contributed by atoms with van der Waals surface area (Å²) in [7, 11) is 2.43. The molecule has 0 spiro atoms. The van der Waals surface area contributed by atoms with Gasteiger partial charge in [-0.1, -0.05) is 0 Å². The number of aliphatic hydroxyl groups excluding tert-OH is 1. The Bertz CT molecular complexity index is 13.7. The predicted octanol–water partition coefficient (Wildman–Crippen LogP) is 0.975. The van der Waals surface area contributed by atoms with Crippen LogP contribution in [0.25, 0.3) is 0 Å². The van der Waals surface area contributed by atoms with Crippen LogP contribution in [-0.4, -0.2) is 24.5 Å². The Morgan fingerprint density at radius 1 is 1.29 bits per heavy atom. The summed E-state index contributed by atoms with van der Waals surface area (Å²) in [6.45, 7) is 0. The Labute approximate surface area is 66.8 Å². The van der Waals surface area contributed by atoms with Crippen LogP contribution in [0.5, 0.6) is 0 Å². The third-order valence-corrected chi connectivity index (χ3v) is 0. The lowest BCUT2D eigenvalue weighted by Gasteiger charge is -1.60. The molecule has 0 radical (unpaired) electrons. The third kappa shape index (κ3) is 117. The molecule has 0 aromatic rings. The first-order valence-corrected chi connectivity index (χ1v) is 7.60. The lowest BCUT2D eigenvalue weighted by molar-refractivity contribution is 0.194. The topological polar surface area (TPSA) is 52.5 Å². The van der Waals surface area contributed by atoms with Crippen LogP contribution >= 0.6 is 37.2 Å². The molecule has 0 saturated heterocycles. The van der Waals surface area contributed by atoms with Gasteiger partial charge in [-0.2, -0.15) is 0 Å². The molecular weight excluding hydrogens is 324 g/mol. The second kappa shape index (κ2) is 53.9. The number of rotatable bonds is 0. The van der Waals surface area contributed by atoms with E-state index in [-0.39, 0.29) is 0 Å². The van der Waals surface area contributed by atoms with E-state index in [2.05, 4.69) is 37.2 Å². The summed E-state index contributed by atoms with van der Waals surface area (Å²) in [6, 6.07) is 0. The van der Waals surface area contributed by atoms with E-state index in [1.54, 1.807) is 5.48 Å². The monoisotopic (exact) mass is 333 g/mol. The Hall–Kier alpha value is 1.34. The van der Waals surface area contributed by atoms with Crippen molar-refractivity contribution in [2.24, 2.45) is 0 Å². The summed E-state index contributed by atoms with van der Waals surface area (Å²) >= 11 is 4.24. The van der Waals surface area contributed by atoms with Crippen molar-refractivity contribution in [2.45, 2.75) is 0 Å². The van der Waals surface area contributed by atoms with Crippen LogP contribution in [0.4, 0.5) is 0 Å². The molecule has 0 fully saturated rings. The van der Waals surface area contributed by atoms with Gasteiger partial charge in [-0.25, -0.2) is 5.48 Å². The third-order valence-electron chi connectivity index (χ3n) is 0. The van der Waals surface area contributed by atoms with Crippen LogP contribution in [-0.2, 0) is 0 Å². The zero-order valence-corrected chi connectivity index (χ0v) is 8.47. The lowest BCUT2D eigenvalue weighted by atomic mass is 11.6. The number of hydrogen-bond donors (Lipinski definition) is 3. The highest BCUT2D eigenvalue weighted by atomic mass is 128. The van der Waals surface area contributed by atoms with E-state index in [0.29, 0.717) is 0 Å². The van der Waals surface area contributed by atoms with Crippen LogP contribution < -0.4 is 5.48 Å². The molecule has 0 amide bonds. The summed E-state index contributed by atoms with van der Waals surface area (Å²) in [6.07, 6.45) is 0. The van der Waals surface area contributed by atoms with E-state index in [1.165, 1.54) is 7.05 Å². The lowest BCUT2D eigenvalue weighted by Crippen LogP contribution is -1.91. The molecular formula is C2H9I2NO2. The normalized spacial score (nSPS) is 4.29. The molecule has 0 unspecified atom stereocenters. The van der Waals surface area contributed by atoms with Crippen molar-refractivity contribution in [1.29, 1.82) is 0 Å². The van der Waals surface area contributed by atoms with Gasteiger partial charge in [-0.3, -0.25) is 0 Å². The molecule has 0 aromatic carbocycles. The molecule has 0 aliphatic rings. The second-order valence-corrected chi connectivity index (χ2v) is 0.224. The summed E-state index contributed by atoms with van der Waals surface area (Å²) in [5.74, 6) is 0. The molecule has 0 aliphatic carbocycles. The van der Waals surface area contributed by atoms with Gasteiger partial charge in [0.1, 0.15) is 0 Å². The first-order valence-electron chi connectivity index (χ1n) is 1.31. The Balaban J connectivity index is -0.0000000360. The van der Waals surface area contributed by atoms with Crippen molar-refractivity contribution in [2.75, 3.05) is 14.2 Å². The van der Waals surface area contributed by atoms with Crippen LogP contribution in [0, 0.1) is 0 Å². The van der Waals surface area contributed by atoms with E-state index in [1.807, 2.05) is 0 Å². The van der Waals surface area contributed by atoms with Crippen molar-refractivity contribution in [3.05, 3.63) is 0 Å². The van der Waals surface area contributed by atoms with E-state index >= 15 is 0 Å². The zero-order valence-electron chi connectivity index (χ0n) is 4.15. The maximum Gasteiger partial charge on any atom is 0.0319 e. The molecule has 0 heterocycles. The molecule has 0 saturated carbocycles. The van der Waals surface area contributed by atoms with Crippen molar-refractivity contribution in [1.82, 2.24) is 5.48 Å². The SMILES string of the molecule is CNO.CO.II. The highest BCUT2D eigenvalue weighted by Crippen LogP contribution is 1.89. The summed E-state index contributed by atoms with van der Waals surface area (Å²) in [5.41, 5.74) is 1.75. The van der Waals surface area contributed by atoms with Crippen LogP contribution in [0.1, 0.15) is 0 Å². The van der Waals surface area contributed by atoms with E-state index < -0.39 is 0 Å². The fraction of sp³-hybridized carbons (Fsp3) is 1.00. The summed E-state index contributed by atoms with van der Waals surface area (Å²) in [4.78, 5) is 0. The first-order chi connectivity index (χ1) is 3.41. The van der Waals surface area contributed by atoms with Gasteiger partial charge in [-0.05, 0) is 0 Å². The van der Waals surface area contributed by atoms with Crippen molar-refractivity contribution < 1.29 is 10.3 Å². The Morgan fingerprint density at radius 3 is 1.29 bits per heavy atom. The van der Waals surface area contributed by atoms with E-state index in [9.17, 15) is 0 Å². The van der Waals surface area contributed by atoms with E-state index in [0.717, 1.165) is 7.11 Å². The number of nitrogens with one attached hydrogen (secondary N) is 1. The molecule has 0 atom stereocenters. The van der Waals surface area contributed by atoms with Gasteiger partial charge in [0, 0.05) is 51.4 Å². The number of hydrogen-bond acceptors (Lipinski definition) is 3. The highest BCUT2D eigenvalue weighted by molar-refractivity contribution is 15.0. The summed E-state index contributed by atoms with van der Waals surface area (Å²) in [5, 5.41) is 14.3. The molecule has 3 N–H and O–H groups in total. The number of aliphatic hydroxyl groups is 1. The largest absolute Gasteiger partial charge is 0.400 e. The van der Waals surface area contributed by atoms with Gasteiger partial charge < -0.3 is 10.3 Å². The van der Waals surface area contributed by atoms with E-state index in [4.69, 9.17) is 10.3 Å². The maximum absolute atomic E-state index is 7.32.